The molecule has 0 saturated carbocycles. The summed E-state index contributed by atoms with van der Waals surface area (Å²) < 4.78 is 21.1. The van der Waals surface area contributed by atoms with Crippen LogP contribution < -0.4 is 5.73 Å². The molecule has 5 nitrogen and oxygen atoms in total. The van der Waals surface area contributed by atoms with Gasteiger partial charge in [0.1, 0.15) is 9.63 Å². The normalized spacial score (nSPS) is 11.1. The Bertz CT molecular complexity index is 359. The first-order valence-corrected chi connectivity index (χ1v) is 5.84. The molecule has 1 heterocycles. The summed E-state index contributed by atoms with van der Waals surface area (Å²) in [5.41, 5.74) is 4.65. The lowest BCUT2D eigenvalue weighted by atomic mass is 10.5. The molecule has 0 bridgehead atoms. The second-order valence-electron chi connectivity index (χ2n) is 2.35. The maximum absolute atomic E-state index is 10.3. The van der Waals surface area contributed by atoms with Crippen molar-refractivity contribution in [3.8, 4) is 0 Å². The van der Waals surface area contributed by atoms with Gasteiger partial charge >= 0.3 is 0 Å². The Balaban J connectivity index is 0.000000336. The third-order valence-corrected chi connectivity index (χ3v) is 2.22. The van der Waals surface area contributed by atoms with Crippen LogP contribution in [0.15, 0.2) is 27.8 Å². The maximum atomic E-state index is 10.3. The van der Waals surface area contributed by atoms with Crippen molar-refractivity contribution in [3.05, 3.63) is 22.8 Å². The van der Waals surface area contributed by atoms with E-state index in [4.69, 9.17) is 0 Å². The summed E-state index contributed by atoms with van der Waals surface area (Å²) in [5, 5.41) is 0.0503. The van der Waals surface area contributed by atoms with Crippen molar-refractivity contribution < 1.29 is 13.6 Å². The number of nitrogens with zero attached hydrogens (tertiary/aromatic N) is 1. The zero-order chi connectivity index (χ0) is 11.8. The highest BCUT2D eigenvalue weighted by Crippen LogP contribution is 2.07. The minimum Gasteiger partial charge on any atom is -0.767 e. The lowest BCUT2D eigenvalue weighted by molar-refractivity contribution is -0.117. The molecule has 0 aliphatic carbocycles. The summed E-state index contributed by atoms with van der Waals surface area (Å²) in [5.74, 6) is -0.245. The summed E-state index contributed by atoms with van der Waals surface area (Å²) >= 11 is 0.816. The molecule has 0 spiro atoms. The van der Waals surface area contributed by atoms with Crippen molar-refractivity contribution >= 4 is 32.9 Å². The van der Waals surface area contributed by atoms with E-state index in [-0.39, 0.29) is 10.9 Å². The number of hydrogen-bond acceptors (Lipinski definition) is 4. The molecule has 2 N–H and O–H groups in total. The number of pyridine rings is 1. The molecular formula is C8H10BrN2O3S-. The molecule has 0 fully saturated rings. The monoisotopic (exact) mass is 293 g/mol. The zero-order valence-corrected chi connectivity index (χ0v) is 10.4. The van der Waals surface area contributed by atoms with E-state index in [0.717, 1.165) is 0 Å². The van der Waals surface area contributed by atoms with Crippen molar-refractivity contribution in [2.24, 2.45) is 5.73 Å². The molecular weight excluding hydrogens is 284 g/mol. The number of amides is 1. The average molecular weight is 294 g/mol. The number of aromatic nitrogens is 1. The van der Waals surface area contributed by atoms with Gasteiger partial charge in [-0.1, -0.05) is 13.0 Å². The standard InChI is InChI=1S/C5H4BrNO2S.C3H7NO/c6-4-2-1-3-5(7-4)10(8)9;1-2-3(4)5/h1-3H,(H,8,9);2H2,1H3,(H2,4,5)/p-1. The molecule has 1 aromatic heterocycles. The second kappa shape index (κ2) is 7.49. The van der Waals surface area contributed by atoms with Crippen LogP contribution >= 0.6 is 15.9 Å². The first-order chi connectivity index (χ1) is 6.97. The van der Waals surface area contributed by atoms with Crippen molar-refractivity contribution in [2.75, 3.05) is 0 Å². The fourth-order valence-electron chi connectivity index (χ4n) is 0.482. The van der Waals surface area contributed by atoms with Crippen LogP contribution in [0.25, 0.3) is 0 Å². The Morgan fingerprint density at radius 3 is 2.47 bits per heavy atom. The number of rotatable bonds is 2. The van der Waals surface area contributed by atoms with Crippen LogP contribution in [0.2, 0.25) is 0 Å². The lowest BCUT2D eigenvalue weighted by Gasteiger charge is -2.02. The maximum Gasteiger partial charge on any atom is 0.217 e. The summed E-state index contributed by atoms with van der Waals surface area (Å²) in [6.45, 7) is 1.72. The molecule has 1 atom stereocenters. The van der Waals surface area contributed by atoms with Gasteiger partial charge in [0.15, 0.2) is 0 Å². The van der Waals surface area contributed by atoms with Gasteiger partial charge in [-0.2, -0.15) is 0 Å². The van der Waals surface area contributed by atoms with Crippen LogP contribution in [0, 0.1) is 0 Å². The highest BCUT2D eigenvalue weighted by atomic mass is 79.9. The van der Waals surface area contributed by atoms with Gasteiger partial charge in [0.05, 0.1) is 0 Å². The predicted molar refractivity (Wildman–Crippen MR) is 58.6 cm³/mol. The third-order valence-electron chi connectivity index (χ3n) is 1.21. The predicted octanol–water partition coefficient (Wildman–Crippen LogP) is 0.964. The minimum absolute atomic E-state index is 0.0503. The van der Waals surface area contributed by atoms with Gasteiger partial charge < -0.3 is 10.3 Å². The van der Waals surface area contributed by atoms with Crippen LogP contribution in [0.3, 0.4) is 0 Å². The van der Waals surface area contributed by atoms with Gasteiger partial charge in [-0.15, -0.1) is 0 Å². The highest BCUT2D eigenvalue weighted by Gasteiger charge is 1.92. The topological polar surface area (TPSA) is 96.1 Å². The molecule has 1 aromatic rings. The van der Waals surface area contributed by atoms with Crippen LogP contribution in [-0.2, 0) is 15.9 Å². The fraction of sp³-hybridized carbons (Fsp3) is 0.250. The van der Waals surface area contributed by atoms with Crippen molar-refractivity contribution in [1.82, 2.24) is 4.98 Å². The Morgan fingerprint density at radius 1 is 1.67 bits per heavy atom. The Morgan fingerprint density at radius 2 is 2.20 bits per heavy atom. The number of nitrogens with two attached hydrogens (primary N) is 1. The van der Waals surface area contributed by atoms with E-state index >= 15 is 0 Å². The van der Waals surface area contributed by atoms with Crippen LogP contribution in [-0.4, -0.2) is 19.7 Å². The van der Waals surface area contributed by atoms with Crippen molar-refractivity contribution in [3.63, 3.8) is 0 Å². The number of primary amides is 1. The average Bonchev–Trinajstić information content (AvgIpc) is 2.18. The lowest BCUT2D eigenvalue weighted by Crippen LogP contribution is -2.06. The molecule has 7 heteroatoms. The molecule has 1 rings (SSSR count). The first kappa shape index (κ1) is 14.2. The second-order valence-corrected chi connectivity index (χ2v) is 4.05. The SMILES string of the molecule is CCC(N)=O.O=S([O-])c1cccc(Br)n1. The molecule has 0 saturated heterocycles. The summed E-state index contributed by atoms with van der Waals surface area (Å²) in [4.78, 5) is 13.3. The minimum atomic E-state index is -2.23. The number of hydrogen-bond donors (Lipinski definition) is 1. The molecule has 84 valence electrons. The van der Waals surface area contributed by atoms with Crippen LogP contribution in [0.5, 0.6) is 0 Å². The number of halogens is 1. The zero-order valence-electron chi connectivity index (χ0n) is 7.97. The highest BCUT2D eigenvalue weighted by molar-refractivity contribution is 9.10. The Hall–Kier alpha value is -0.790. The summed E-state index contributed by atoms with van der Waals surface area (Å²) in [6.07, 6.45) is 0.444. The Kier molecular flexibility index (Phi) is 7.10. The third kappa shape index (κ3) is 7.18. The van der Waals surface area contributed by atoms with Crippen molar-refractivity contribution in [1.29, 1.82) is 0 Å². The largest absolute Gasteiger partial charge is 0.767 e. The fourth-order valence-corrected chi connectivity index (χ4v) is 1.31. The quantitative estimate of drug-likeness (QED) is 0.649. The molecule has 1 unspecified atom stereocenters. The molecule has 1 amide bonds. The van der Waals surface area contributed by atoms with Crippen LogP contribution in [0.1, 0.15) is 13.3 Å². The van der Waals surface area contributed by atoms with Gasteiger partial charge in [0.2, 0.25) is 5.91 Å². The summed E-state index contributed by atoms with van der Waals surface area (Å²) in [6, 6.07) is 4.70. The van der Waals surface area contributed by atoms with Crippen LogP contribution in [0.4, 0.5) is 0 Å². The molecule has 15 heavy (non-hydrogen) atoms. The van der Waals surface area contributed by atoms with E-state index in [9.17, 15) is 13.6 Å². The first-order valence-electron chi connectivity index (χ1n) is 3.97. The van der Waals surface area contributed by atoms with Gasteiger partial charge in [-0.25, -0.2) is 4.98 Å². The van der Waals surface area contributed by atoms with Gasteiger partial charge in [-0.05, 0) is 39.1 Å². The molecule has 0 aliphatic heterocycles. The van der Waals surface area contributed by atoms with Gasteiger partial charge in [-0.3, -0.25) is 9.00 Å². The van der Waals surface area contributed by atoms with Gasteiger partial charge in [0, 0.05) is 6.42 Å². The Labute approximate surface area is 98.5 Å². The van der Waals surface area contributed by atoms with E-state index in [1.165, 1.54) is 6.07 Å². The van der Waals surface area contributed by atoms with Crippen molar-refractivity contribution in [2.45, 2.75) is 18.4 Å². The smallest absolute Gasteiger partial charge is 0.217 e. The molecule has 0 aliphatic rings. The molecule has 0 radical (unpaired) electrons. The van der Waals surface area contributed by atoms with E-state index in [0.29, 0.717) is 11.0 Å². The van der Waals surface area contributed by atoms with E-state index in [2.05, 4.69) is 26.6 Å². The molecule has 0 aromatic carbocycles. The van der Waals surface area contributed by atoms with E-state index < -0.39 is 11.1 Å². The van der Waals surface area contributed by atoms with E-state index in [1.807, 2.05) is 0 Å². The van der Waals surface area contributed by atoms with E-state index in [1.54, 1.807) is 19.1 Å². The summed E-state index contributed by atoms with van der Waals surface area (Å²) in [7, 11) is 0. The number of carbonyl (C=O) groups is 1. The van der Waals surface area contributed by atoms with Gasteiger partial charge in [0.25, 0.3) is 0 Å². The number of carbonyl (C=O) groups excluding carboxylic acids is 1.